The predicted octanol–water partition coefficient (Wildman–Crippen LogP) is 2.86. The molecule has 1 aromatic heterocycles. The monoisotopic (exact) mass is 324 g/mol. The first-order valence-electron chi connectivity index (χ1n) is 8.09. The molecule has 0 fully saturated rings. The number of nitrogens with one attached hydrogen (secondary N) is 2. The lowest BCUT2D eigenvalue weighted by molar-refractivity contribution is -0.116. The van der Waals surface area contributed by atoms with Gasteiger partial charge in [0.15, 0.2) is 0 Å². The Balaban J connectivity index is 1.93. The molecule has 0 spiro atoms. The van der Waals surface area contributed by atoms with Gasteiger partial charge in [0.2, 0.25) is 11.8 Å². The first-order chi connectivity index (χ1) is 11.6. The second-order valence-corrected chi connectivity index (χ2v) is 5.97. The summed E-state index contributed by atoms with van der Waals surface area (Å²) in [4.78, 5) is 32.1. The average molecular weight is 324 g/mol. The van der Waals surface area contributed by atoms with Gasteiger partial charge in [-0.15, -0.1) is 0 Å². The summed E-state index contributed by atoms with van der Waals surface area (Å²) in [5.74, 6) is 0.553. The summed E-state index contributed by atoms with van der Waals surface area (Å²) in [6, 6.07) is 5.56. The normalized spacial score (nSPS) is 16.2. The number of amides is 2. The minimum absolute atomic E-state index is 0.0508. The average Bonchev–Trinajstić information content (AvgIpc) is 2.54. The van der Waals surface area contributed by atoms with Crippen LogP contribution < -0.4 is 10.6 Å². The van der Waals surface area contributed by atoms with Crippen molar-refractivity contribution >= 4 is 23.2 Å². The Morgan fingerprint density at radius 3 is 2.75 bits per heavy atom. The molecule has 1 aliphatic rings. The van der Waals surface area contributed by atoms with Crippen molar-refractivity contribution in [2.75, 3.05) is 10.6 Å². The largest absolute Gasteiger partial charge is 0.326 e. The maximum absolute atomic E-state index is 12.1. The Hall–Kier alpha value is -2.76. The highest BCUT2D eigenvalue weighted by Gasteiger charge is 2.27. The second kappa shape index (κ2) is 6.78. The number of carbonyl (C=O) groups excluding carboxylic acids is 2. The van der Waals surface area contributed by atoms with E-state index in [-0.39, 0.29) is 17.7 Å². The van der Waals surface area contributed by atoms with Gasteiger partial charge in [-0.1, -0.05) is 13.0 Å². The van der Waals surface area contributed by atoms with Crippen LogP contribution in [0, 0.1) is 0 Å². The molecule has 0 radical (unpaired) electrons. The molecule has 1 unspecified atom stereocenters. The molecule has 3 rings (SSSR count). The van der Waals surface area contributed by atoms with E-state index in [0.29, 0.717) is 12.1 Å². The number of carbonyl (C=O) groups is 2. The lowest BCUT2D eigenvalue weighted by Gasteiger charge is -2.26. The minimum atomic E-state index is -0.145. The number of benzene rings is 1. The molecule has 0 saturated carbocycles. The fourth-order valence-electron chi connectivity index (χ4n) is 2.94. The van der Waals surface area contributed by atoms with Gasteiger partial charge in [-0.3, -0.25) is 9.59 Å². The van der Waals surface area contributed by atoms with Gasteiger partial charge < -0.3 is 10.6 Å². The maximum atomic E-state index is 12.1. The topological polar surface area (TPSA) is 84.0 Å². The molecule has 6 heteroatoms. The summed E-state index contributed by atoms with van der Waals surface area (Å²) in [6.07, 6.45) is 5.84. The number of hydrogen-bond acceptors (Lipinski definition) is 4. The fraction of sp³-hybridized carbons (Fsp3) is 0.333. The molecule has 1 atom stereocenters. The summed E-state index contributed by atoms with van der Waals surface area (Å²) >= 11 is 0. The first kappa shape index (κ1) is 16.1. The Kier molecular flexibility index (Phi) is 4.55. The van der Waals surface area contributed by atoms with Crippen molar-refractivity contribution in [2.45, 2.75) is 39.0 Å². The lowest BCUT2D eigenvalue weighted by Crippen LogP contribution is -2.24. The summed E-state index contributed by atoms with van der Waals surface area (Å²) < 4.78 is 0. The number of hydrogen-bond donors (Lipinski definition) is 2. The van der Waals surface area contributed by atoms with Crippen LogP contribution in [0.3, 0.4) is 0 Å². The molecule has 1 aliphatic heterocycles. The molecule has 124 valence electrons. The Morgan fingerprint density at radius 2 is 2.08 bits per heavy atom. The fourth-order valence-corrected chi connectivity index (χ4v) is 2.94. The van der Waals surface area contributed by atoms with Gasteiger partial charge >= 0.3 is 0 Å². The van der Waals surface area contributed by atoms with Crippen molar-refractivity contribution in [3.63, 3.8) is 0 Å². The SMILES string of the molecule is CCCc1ncc(C2CC(=O)Nc3cc(NC(C)=O)ccc32)cn1. The van der Waals surface area contributed by atoms with E-state index in [1.807, 2.05) is 24.5 Å². The van der Waals surface area contributed by atoms with E-state index in [2.05, 4.69) is 27.5 Å². The quantitative estimate of drug-likeness (QED) is 0.906. The zero-order chi connectivity index (χ0) is 17.1. The Labute approximate surface area is 140 Å². The summed E-state index contributed by atoms with van der Waals surface area (Å²) in [5.41, 5.74) is 3.32. The van der Waals surface area contributed by atoms with Crippen molar-refractivity contribution in [3.05, 3.63) is 47.5 Å². The van der Waals surface area contributed by atoms with Crippen LogP contribution in [0.25, 0.3) is 0 Å². The third kappa shape index (κ3) is 3.42. The van der Waals surface area contributed by atoms with Gasteiger partial charge in [-0.2, -0.15) is 0 Å². The third-order valence-electron chi connectivity index (χ3n) is 4.01. The van der Waals surface area contributed by atoms with E-state index >= 15 is 0 Å². The Morgan fingerprint density at radius 1 is 1.33 bits per heavy atom. The molecule has 0 bridgehead atoms. The van der Waals surface area contributed by atoms with Crippen LogP contribution in [-0.2, 0) is 16.0 Å². The van der Waals surface area contributed by atoms with Gasteiger partial charge in [0.25, 0.3) is 0 Å². The van der Waals surface area contributed by atoms with Crippen LogP contribution in [-0.4, -0.2) is 21.8 Å². The number of nitrogens with zero attached hydrogens (tertiary/aromatic N) is 2. The van der Waals surface area contributed by atoms with Gasteiger partial charge in [0.05, 0.1) is 0 Å². The van der Waals surface area contributed by atoms with Crippen molar-refractivity contribution in [1.82, 2.24) is 9.97 Å². The van der Waals surface area contributed by atoms with Crippen molar-refractivity contribution in [1.29, 1.82) is 0 Å². The Bertz CT molecular complexity index is 771. The van der Waals surface area contributed by atoms with Gasteiger partial charge in [-0.05, 0) is 29.7 Å². The van der Waals surface area contributed by atoms with Crippen LogP contribution in [0.15, 0.2) is 30.6 Å². The molecular formula is C18H20N4O2. The predicted molar refractivity (Wildman–Crippen MR) is 91.9 cm³/mol. The number of rotatable bonds is 4. The molecular weight excluding hydrogens is 304 g/mol. The molecule has 2 aromatic rings. The molecule has 2 N–H and O–H groups in total. The smallest absolute Gasteiger partial charge is 0.225 e. The highest BCUT2D eigenvalue weighted by atomic mass is 16.2. The molecule has 1 aromatic carbocycles. The molecule has 24 heavy (non-hydrogen) atoms. The maximum Gasteiger partial charge on any atom is 0.225 e. The van der Waals surface area contributed by atoms with Crippen molar-refractivity contribution in [3.8, 4) is 0 Å². The van der Waals surface area contributed by atoms with E-state index in [1.54, 1.807) is 6.07 Å². The highest BCUT2D eigenvalue weighted by molar-refractivity contribution is 5.97. The minimum Gasteiger partial charge on any atom is -0.326 e. The highest BCUT2D eigenvalue weighted by Crippen LogP contribution is 2.37. The number of fused-ring (bicyclic) bond motifs is 1. The molecule has 0 saturated heterocycles. The van der Waals surface area contributed by atoms with E-state index in [4.69, 9.17) is 0 Å². The lowest BCUT2D eigenvalue weighted by atomic mass is 9.86. The molecule has 0 aliphatic carbocycles. The number of anilines is 2. The first-order valence-corrected chi connectivity index (χ1v) is 8.09. The van der Waals surface area contributed by atoms with Crippen LogP contribution in [0.4, 0.5) is 11.4 Å². The van der Waals surface area contributed by atoms with Gasteiger partial charge in [0, 0.05) is 49.5 Å². The third-order valence-corrected chi connectivity index (χ3v) is 4.01. The zero-order valence-corrected chi connectivity index (χ0v) is 13.8. The summed E-state index contributed by atoms with van der Waals surface area (Å²) in [5, 5.41) is 5.60. The van der Waals surface area contributed by atoms with Crippen LogP contribution >= 0.6 is 0 Å². The van der Waals surface area contributed by atoms with Crippen LogP contribution in [0.1, 0.15) is 49.6 Å². The van der Waals surface area contributed by atoms with Gasteiger partial charge in [0.1, 0.15) is 5.82 Å². The van der Waals surface area contributed by atoms with Gasteiger partial charge in [-0.25, -0.2) is 9.97 Å². The second-order valence-electron chi connectivity index (χ2n) is 5.97. The van der Waals surface area contributed by atoms with Crippen LogP contribution in [0.5, 0.6) is 0 Å². The number of aryl methyl sites for hydroxylation is 1. The summed E-state index contributed by atoms with van der Waals surface area (Å²) in [7, 11) is 0. The number of aromatic nitrogens is 2. The molecule has 2 heterocycles. The van der Waals surface area contributed by atoms with Crippen molar-refractivity contribution < 1.29 is 9.59 Å². The summed E-state index contributed by atoms with van der Waals surface area (Å²) in [6.45, 7) is 3.54. The van der Waals surface area contributed by atoms with E-state index in [0.717, 1.165) is 35.5 Å². The molecule has 6 nitrogen and oxygen atoms in total. The zero-order valence-electron chi connectivity index (χ0n) is 13.8. The van der Waals surface area contributed by atoms with Crippen molar-refractivity contribution in [2.24, 2.45) is 0 Å². The standard InChI is InChI=1S/C18H20N4O2/c1-3-4-17-19-9-12(10-20-17)15-8-18(24)22-16-7-13(21-11(2)23)5-6-14(15)16/h5-7,9-10,15H,3-4,8H2,1-2H3,(H,21,23)(H,22,24). The van der Waals surface area contributed by atoms with E-state index in [9.17, 15) is 9.59 Å². The van der Waals surface area contributed by atoms with E-state index < -0.39 is 0 Å². The van der Waals surface area contributed by atoms with E-state index in [1.165, 1.54) is 6.92 Å². The molecule has 2 amide bonds. The van der Waals surface area contributed by atoms with Crippen LogP contribution in [0.2, 0.25) is 0 Å².